The van der Waals surface area contributed by atoms with Gasteiger partial charge in [-0.3, -0.25) is 4.79 Å². The zero-order valence-electron chi connectivity index (χ0n) is 12.2. The number of thioether (sulfide) groups is 1. The summed E-state index contributed by atoms with van der Waals surface area (Å²) in [6.45, 7) is 0. The number of benzene rings is 2. The lowest BCUT2D eigenvalue weighted by Crippen LogP contribution is -2.16. The third kappa shape index (κ3) is 3.93. The summed E-state index contributed by atoms with van der Waals surface area (Å²) in [5.74, 6) is -0.145. The van der Waals surface area contributed by atoms with Crippen LogP contribution in [0.2, 0.25) is 5.02 Å². The maximum atomic E-state index is 12.3. The number of amides is 1. The molecule has 0 saturated carbocycles. The molecule has 0 fully saturated rings. The number of hydrogen-bond donors (Lipinski definition) is 1. The van der Waals surface area contributed by atoms with Crippen LogP contribution in [0.3, 0.4) is 0 Å². The van der Waals surface area contributed by atoms with Crippen molar-refractivity contribution in [3.05, 3.63) is 53.1 Å². The van der Waals surface area contributed by atoms with E-state index in [1.807, 2.05) is 55.6 Å². The number of carbonyl (C=O) groups is 1. The zero-order chi connectivity index (χ0) is 15.4. The summed E-state index contributed by atoms with van der Waals surface area (Å²) < 4.78 is 0. The molecule has 2 rings (SSSR count). The second-order valence-electron chi connectivity index (χ2n) is 4.74. The minimum absolute atomic E-state index is 0.145. The second kappa shape index (κ2) is 6.87. The van der Waals surface area contributed by atoms with Crippen LogP contribution in [0.1, 0.15) is 10.4 Å². The minimum atomic E-state index is -0.145. The number of rotatable bonds is 4. The molecule has 2 aromatic rings. The van der Waals surface area contributed by atoms with Gasteiger partial charge in [-0.25, -0.2) is 0 Å². The second-order valence-corrected chi connectivity index (χ2v) is 6.05. The van der Waals surface area contributed by atoms with E-state index in [2.05, 4.69) is 5.32 Å². The van der Waals surface area contributed by atoms with Gasteiger partial charge in [0, 0.05) is 29.6 Å². The molecule has 1 amide bonds. The molecular weight excluding hydrogens is 304 g/mol. The Kier molecular flexibility index (Phi) is 5.15. The standard InChI is InChI=1S/C16H17ClN2OS/c1-19(2)15-9-6-12(17)10-14(15)18-16(20)11-4-7-13(21-3)8-5-11/h4-10H,1-3H3,(H,18,20). The van der Waals surface area contributed by atoms with Gasteiger partial charge in [-0.15, -0.1) is 11.8 Å². The van der Waals surface area contributed by atoms with E-state index in [1.54, 1.807) is 23.9 Å². The van der Waals surface area contributed by atoms with E-state index in [-0.39, 0.29) is 5.91 Å². The Hall–Kier alpha value is -1.65. The lowest BCUT2D eigenvalue weighted by Gasteiger charge is -2.18. The molecule has 3 nitrogen and oxygen atoms in total. The van der Waals surface area contributed by atoms with Gasteiger partial charge < -0.3 is 10.2 Å². The quantitative estimate of drug-likeness (QED) is 0.848. The van der Waals surface area contributed by atoms with Crippen LogP contribution in [-0.2, 0) is 0 Å². The van der Waals surface area contributed by atoms with Crippen molar-refractivity contribution in [1.82, 2.24) is 0 Å². The molecule has 0 heterocycles. The Morgan fingerprint density at radius 3 is 2.38 bits per heavy atom. The summed E-state index contributed by atoms with van der Waals surface area (Å²) in [6.07, 6.45) is 2.00. The third-order valence-corrected chi connectivity index (χ3v) is 4.02. The van der Waals surface area contributed by atoms with E-state index < -0.39 is 0 Å². The summed E-state index contributed by atoms with van der Waals surface area (Å²) in [4.78, 5) is 15.4. The van der Waals surface area contributed by atoms with Gasteiger partial charge in [-0.05, 0) is 48.7 Å². The molecule has 2 aromatic carbocycles. The normalized spacial score (nSPS) is 10.3. The Morgan fingerprint density at radius 1 is 1.14 bits per heavy atom. The van der Waals surface area contributed by atoms with Gasteiger partial charge in [-0.2, -0.15) is 0 Å². The molecule has 0 aliphatic rings. The largest absolute Gasteiger partial charge is 0.376 e. The Bertz CT molecular complexity index is 641. The number of nitrogens with zero attached hydrogens (tertiary/aromatic N) is 1. The Labute approximate surface area is 134 Å². The van der Waals surface area contributed by atoms with Crippen molar-refractivity contribution in [2.75, 3.05) is 30.6 Å². The SMILES string of the molecule is CSc1ccc(C(=O)Nc2cc(Cl)ccc2N(C)C)cc1. The Balaban J connectivity index is 2.24. The zero-order valence-corrected chi connectivity index (χ0v) is 13.8. The topological polar surface area (TPSA) is 32.3 Å². The van der Waals surface area contributed by atoms with E-state index >= 15 is 0 Å². The average molecular weight is 321 g/mol. The molecule has 0 atom stereocenters. The van der Waals surface area contributed by atoms with Gasteiger partial charge in [-0.1, -0.05) is 11.6 Å². The minimum Gasteiger partial charge on any atom is -0.376 e. The molecular formula is C16H17ClN2OS. The third-order valence-electron chi connectivity index (χ3n) is 3.04. The van der Waals surface area contributed by atoms with Crippen molar-refractivity contribution < 1.29 is 4.79 Å². The van der Waals surface area contributed by atoms with Crippen molar-refractivity contribution in [1.29, 1.82) is 0 Å². The fourth-order valence-electron chi connectivity index (χ4n) is 1.94. The maximum absolute atomic E-state index is 12.3. The van der Waals surface area contributed by atoms with Gasteiger partial charge in [0.15, 0.2) is 0 Å². The van der Waals surface area contributed by atoms with Crippen LogP contribution in [0.25, 0.3) is 0 Å². The molecule has 0 spiro atoms. The highest BCUT2D eigenvalue weighted by atomic mass is 35.5. The first kappa shape index (κ1) is 15.7. The van der Waals surface area contributed by atoms with Gasteiger partial charge in [0.25, 0.3) is 5.91 Å². The fourth-order valence-corrected chi connectivity index (χ4v) is 2.52. The van der Waals surface area contributed by atoms with Crippen LogP contribution in [-0.4, -0.2) is 26.3 Å². The number of hydrogen-bond acceptors (Lipinski definition) is 3. The average Bonchev–Trinajstić information content (AvgIpc) is 2.47. The van der Waals surface area contributed by atoms with E-state index in [4.69, 9.17) is 11.6 Å². The van der Waals surface area contributed by atoms with Crippen LogP contribution >= 0.6 is 23.4 Å². The van der Waals surface area contributed by atoms with Gasteiger partial charge >= 0.3 is 0 Å². The van der Waals surface area contributed by atoms with Crippen LogP contribution in [0.4, 0.5) is 11.4 Å². The molecule has 0 radical (unpaired) electrons. The monoisotopic (exact) mass is 320 g/mol. The molecule has 0 aliphatic carbocycles. The van der Waals surface area contributed by atoms with E-state index in [0.29, 0.717) is 16.3 Å². The summed E-state index contributed by atoms with van der Waals surface area (Å²) in [5, 5.41) is 3.51. The lowest BCUT2D eigenvalue weighted by molar-refractivity contribution is 0.102. The van der Waals surface area contributed by atoms with Gasteiger partial charge in [0.1, 0.15) is 0 Å². The van der Waals surface area contributed by atoms with Crippen LogP contribution in [0.15, 0.2) is 47.4 Å². The first-order valence-corrected chi connectivity index (χ1v) is 8.04. The maximum Gasteiger partial charge on any atom is 0.255 e. The Morgan fingerprint density at radius 2 is 1.81 bits per heavy atom. The highest BCUT2D eigenvalue weighted by Gasteiger charge is 2.11. The molecule has 0 aliphatic heterocycles. The van der Waals surface area contributed by atoms with E-state index in [1.165, 1.54) is 0 Å². The highest BCUT2D eigenvalue weighted by molar-refractivity contribution is 7.98. The predicted molar refractivity (Wildman–Crippen MR) is 92.0 cm³/mol. The molecule has 0 saturated heterocycles. The number of halogens is 1. The van der Waals surface area contributed by atoms with Crippen LogP contribution in [0.5, 0.6) is 0 Å². The van der Waals surface area contributed by atoms with E-state index in [0.717, 1.165) is 10.6 Å². The molecule has 5 heteroatoms. The summed E-state index contributed by atoms with van der Waals surface area (Å²) >= 11 is 7.66. The van der Waals surface area contributed by atoms with Crippen molar-refractivity contribution in [2.24, 2.45) is 0 Å². The lowest BCUT2D eigenvalue weighted by atomic mass is 10.2. The first-order valence-electron chi connectivity index (χ1n) is 6.43. The molecule has 21 heavy (non-hydrogen) atoms. The van der Waals surface area contributed by atoms with Gasteiger partial charge in [0.05, 0.1) is 11.4 Å². The van der Waals surface area contributed by atoms with Crippen LogP contribution in [0, 0.1) is 0 Å². The van der Waals surface area contributed by atoms with Crippen molar-refractivity contribution in [3.8, 4) is 0 Å². The van der Waals surface area contributed by atoms with Crippen molar-refractivity contribution >= 4 is 40.6 Å². The summed E-state index contributed by atoms with van der Waals surface area (Å²) in [5.41, 5.74) is 2.23. The molecule has 110 valence electrons. The highest BCUT2D eigenvalue weighted by Crippen LogP contribution is 2.28. The number of anilines is 2. The molecule has 0 unspecified atom stereocenters. The number of nitrogens with one attached hydrogen (secondary N) is 1. The van der Waals surface area contributed by atoms with E-state index in [9.17, 15) is 4.79 Å². The van der Waals surface area contributed by atoms with Crippen LogP contribution < -0.4 is 10.2 Å². The van der Waals surface area contributed by atoms with Crippen molar-refractivity contribution in [3.63, 3.8) is 0 Å². The van der Waals surface area contributed by atoms with Crippen molar-refractivity contribution in [2.45, 2.75) is 4.90 Å². The first-order chi connectivity index (χ1) is 10.0. The summed E-state index contributed by atoms with van der Waals surface area (Å²) in [7, 11) is 3.85. The smallest absolute Gasteiger partial charge is 0.255 e. The predicted octanol–water partition coefficient (Wildman–Crippen LogP) is 4.38. The molecule has 1 N–H and O–H groups in total. The molecule has 0 bridgehead atoms. The summed E-state index contributed by atoms with van der Waals surface area (Å²) in [6, 6.07) is 13.0. The fraction of sp³-hybridized carbons (Fsp3) is 0.188. The molecule has 0 aromatic heterocycles. The van der Waals surface area contributed by atoms with Gasteiger partial charge in [0.2, 0.25) is 0 Å². The number of carbonyl (C=O) groups excluding carboxylic acids is 1.